The zero-order chi connectivity index (χ0) is 12.8. The summed E-state index contributed by atoms with van der Waals surface area (Å²) >= 11 is 0. The van der Waals surface area contributed by atoms with Crippen LogP contribution in [0, 0.1) is 18.7 Å². The van der Waals surface area contributed by atoms with E-state index >= 15 is 0 Å². The molecule has 0 fully saturated rings. The molecular formula is C13H17FNO2. The lowest BCUT2D eigenvalue weighted by Crippen LogP contribution is -2.32. The largest absolute Gasteiger partial charge is 0.449 e. The molecule has 0 saturated carbocycles. The number of carbonyl (C=O) groups excluding carboxylic acids is 1. The smallest absolute Gasteiger partial charge is 0.414 e. The van der Waals surface area contributed by atoms with Crippen molar-refractivity contribution in [2.45, 2.75) is 13.8 Å². The normalized spacial score (nSPS) is 10.4. The van der Waals surface area contributed by atoms with E-state index in [9.17, 15) is 9.18 Å². The minimum atomic E-state index is -0.458. The van der Waals surface area contributed by atoms with Gasteiger partial charge in [-0.1, -0.05) is 13.8 Å². The zero-order valence-electron chi connectivity index (χ0n) is 10.1. The Bertz CT molecular complexity index is 362. The molecule has 0 aromatic heterocycles. The van der Waals surface area contributed by atoms with Crippen molar-refractivity contribution >= 4 is 11.8 Å². The predicted molar refractivity (Wildman–Crippen MR) is 65.3 cm³/mol. The highest BCUT2D eigenvalue weighted by Gasteiger charge is 2.15. The summed E-state index contributed by atoms with van der Waals surface area (Å²) in [4.78, 5) is 13.1. The molecule has 0 saturated heterocycles. The van der Waals surface area contributed by atoms with Crippen molar-refractivity contribution < 1.29 is 13.9 Å². The Labute approximate surface area is 101 Å². The van der Waals surface area contributed by atoms with E-state index in [2.05, 4.69) is 6.92 Å². The maximum atomic E-state index is 12.8. The fraction of sp³-hybridized carbons (Fsp3) is 0.385. The van der Waals surface area contributed by atoms with E-state index in [-0.39, 0.29) is 18.3 Å². The third-order valence-corrected chi connectivity index (χ3v) is 2.12. The van der Waals surface area contributed by atoms with Crippen molar-refractivity contribution in [3.63, 3.8) is 0 Å². The number of benzene rings is 1. The molecule has 0 aliphatic rings. The molecule has 0 unspecified atom stereocenters. The Morgan fingerprint density at radius 3 is 2.47 bits per heavy atom. The minimum absolute atomic E-state index is 0.239. The summed E-state index contributed by atoms with van der Waals surface area (Å²) in [6.45, 7) is 8.18. The molecule has 1 aromatic carbocycles. The van der Waals surface area contributed by atoms with Gasteiger partial charge in [-0.15, -0.1) is 0 Å². The highest BCUT2D eigenvalue weighted by Crippen LogP contribution is 2.15. The average molecular weight is 238 g/mol. The predicted octanol–water partition coefficient (Wildman–Crippen LogP) is 3.26. The van der Waals surface area contributed by atoms with Gasteiger partial charge in [-0.05, 0) is 37.1 Å². The Morgan fingerprint density at radius 1 is 1.41 bits per heavy atom. The lowest BCUT2D eigenvalue weighted by atomic mass is 10.2. The summed E-state index contributed by atoms with van der Waals surface area (Å²) in [5.74, 6) is -0.0628. The molecular weight excluding hydrogens is 221 g/mol. The van der Waals surface area contributed by atoms with Crippen LogP contribution in [0.3, 0.4) is 0 Å². The number of rotatable bonds is 4. The van der Waals surface area contributed by atoms with Gasteiger partial charge in [0.15, 0.2) is 0 Å². The van der Waals surface area contributed by atoms with Gasteiger partial charge in [-0.25, -0.2) is 9.18 Å². The lowest BCUT2D eigenvalue weighted by molar-refractivity contribution is 0.140. The van der Waals surface area contributed by atoms with Crippen LogP contribution in [0.25, 0.3) is 0 Å². The Hall–Kier alpha value is -1.58. The summed E-state index contributed by atoms with van der Waals surface area (Å²) in [5, 5.41) is 0. The Morgan fingerprint density at radius 2 is 2.00 bits per heavy atom. The van der Waals surface area contributed by atoms with E-state index in [0.29, 0.717) is 12.3 Å². The summed E-state index contributed by atoms with van der Waals surface area (Å²) in [7, 11) is 0. The van der Waals surface area contributed by atoms with E-state index in [4.69, 9.17) is 4.74 Å². The van der Waals surface area contributed by atoms with Gasteiger partial charge >= 0.3 is 6.09 Å². The van der Waals surface area contributed by atoms with Gasteiger partial charge in [0.1, 0.15) is 5.82 Å². The molecule has 0 N–H and O–H groups in total. The molecule has 0 aliphatic heterocycles. The third kappa shape index (κ3) is 4.06. The number of ether oxygens (including phenoxy) is 1. The quantitative estimate of drug-likeness (QED) is 0.805. The van der Waals surface area contributed by atoms with Gasteiger partial charge in [0.25, 0.3) is 0 Å². The van der Waals surface area contributed by atoms with Crippen LogP contribution in [0.1, 0.15) is 13.8 Å². The van der Waals surface area contributed by atoms with Gasteiger partial charge in [0, 0.05) is 12.2 Å². The van der Waals surface area contributed by atoms with Crippen molar-refractivity contribution in [2.75, 3.05) is 18.1 Å². The van der Waals surface area contributed by atoms with Crippen LogP contribution in [0.4, 0.5) is 14.9 Å². The van der Waals surface area contributed by atoms with Crippen molar-refractivity contribution in [2.24, 2.45) is 5.92 Å². The first-order valence-corrected chi connectivity index (χ1v) is 5.53. The molecule has 17 heavy (non-hydrogen) atoms. The number of nitrogens with zero attached hydrogens (tertiary/aromatic N) is 1. The fourth-order valence-electron chi connectivity index (χ4n) is 1.26. The summed E-state index contributed by atoms with van der Waals surface area (Å²) in [6, 6.07) is 5.65. The molecule has 0 bridgehead atoms. The zero-order valence-corrected chi connectivity index (χ0v) is 10.1. The van der Waals surface area contributed by atoms with Crippen molar-refractivity contribution in [3.8, 4) is 0 Å². The van der Waals surface area contributed by atoms with E-state index in [1.54, 1.807) is 0 Å². The van der Waals surface area contributed by atoms with Crippen LogP contribution < -0.4 is 4.90 Å². The molecule has 1 radical (unpaired) electrons. The monoisotopic (exact) mass is 238 g/mol. The van der Waals surface area contributed by atoms with Crippen LogP contribution >= 0.6 is 0 Å². The number of halogens is 1. The van der Waals surface area contributed by atoms with Gasteiger partial charge in [0.2, 0.25) is 0 Å². The second-order valence-corrected chi connectivity index (χ2v) is 4.10. The first-order valence-electron chi connectivity index (χ1n) is 5.53. The second-order valence-electron chi connectivity index (χ2n) is 4.10. The maximum Gasteiger partial charge on any atom is 0.414 e. The molecule has 93 valence electrons. The van der Waals surface area contributed by atoms with Crippen LogP contribution in [-0.4, -0.2) is 19.2 Å². The molecule has 4 heteroatoms. The highest BCUT2D eigenvalue weighted by molar-refractivity contribution is 5.87. The van der Waals surface area contributed by atoms with Gasteiger partial charge < -0.3 is 4.74 Å². The van der Waals surface area contributed by atoms with Crippen LogP contribution in [-0.2, 0) is 4.74 Å². The van der Waals surface area contributed by atoms with E-state index < -0.39 is 6.09 Å². The first-order chi connectivity index (χ1) is 8.04. The fourth-order valence-corrected chi connectivity index (χ4v) is 1.26. The van der Waals surface area contributed by atoms with Crippen LogP contribution in [0.5, 0.6) is 0 Å². The van der Waals surface area contributed by atoms with Crippen molar-refractivity contribution in [1.82, 2.24) is 0 Å². The van der Waals surface area contributed by atoms with E-state index in [1.807, 2.05) is 13.8 Å². The van der Waals surface area contributed by atoms with Gasteiger partial charge in [0.05, 0.1) is 6.61 Å². The SMILES string of the molecule is [CH2]CN(C(=O)OCC(C)C)c1ccc(F)cc1. The summed E-state index contributed by atoms with van der Waals surface area (Å²) in [5.41, 5.74) is 0.579. The van der Waals surface area contributed by atoms with Crippen LogP contribution in [0.15, 0.2) is 24.3 Å². The molecule has 0 heterocycles. The number of amides is 1. The number of hydrogen-bond donors (Lipinski definition) is 0. The standard InChI is InChI=1S/C13H17FNO2/c1-4-15(13(16)17-9-10(2)3)12-7-5-11(14)6-8-12/h5-8,10H,1,4,9H2,2-3H3. The van der Waals surface area contributed by atoms with E-state index in [0.717, 1.165) is 0 Å². The number of anilines is 1. The Kier molecular flexibility index (Phi) is 4.94. The maximum absolute atomic E-state index is 12.8. The van der Waals surface area contributed by atoms with Gasteiger partial charge in [-0.2, -0.15) is 0 Å². The molecule has 1 amide bonds. The van der Waals surface area contributed by atoms with Crippen LogP contribution in [0.2, 0.25) is 0 Å². The number of hydrogen-bond acceptors (Lipinski definition) is 2. The number of carbonyl (C=O) groups is 1. The minimum Gasteiger partial charge on any atom is -0.449 e. The molecule has 0 aliphatic carbocycles. The molecule has 3 nitrogen and oxygen atoms in total. The summed E-state index contributed by atoms with van der Waals surface area (Å²) in [6.07, 6.45) is -0.458. The van der Waals surface area contributed by atoms with Crippen molar-refractivity contribution in [1.29, 1.82) is 0 Å². The van der Waals surface area contributed by atoms with E-state index in [1.165, 1.54) is 29.2 Å². The molecule has 1 aromatic rings. The summed E-state index contributed by atoms with van der Waals surface area (Å²) < 4.78 is 17.9. The molecule has 0 atom stereocenters. The molecule has 1 rings (SSSR count). The Balaban J connectivity index is 2.70. The topological polar surface area (TPSA) is 29.5 Å². The highest BCUT2D eigenvalue weighted by atomic mass is 19.1. The first kappa shape index (κ1) is 13.5. The average Bonchev–Trinajstić information content (AvgIpc) is 2.30. The molecule has 0 spiro atoms. The van der Waals surface area contributed by atoms with Gasteiger partial charge in [-0.3, -0.25) is 4.90 Å². The van der Waals surface area contributed by atoms with Crippen molar-refractivity contribution in [3.05, 3.63) is 37.0 Å². The second kappa shape index (κ2) is 6.23. The lowest BCUT2D eigenvalue weighted by Gasteiger charge is -2.21. The third-order valence-electron chi connectivity index (χ3n) is 2.12.